The van der Waals surface area contributed by atoms with Gasteiger partial charge in [-0.05, 0) is 25.0 Å². The van der Waals surface area contributed by atoms with Gasteiger partial charge in [-0.2, -0.15) is 12.7 Å². The minimum atomic E-state index is -3.88. The number of hydrogen-bond acceptors (Lipinski definition) is 4. The molecule has 1 aromatic rings. The van der Waals surface area contributed by atoms with Crippen LogP contribution in [0.5, 0.6) is 0 Å². The summed E-state index contributed by atoms with van der Waals surface area (Å²) < 4.78 is 65.6. The predicted octanol–water partition coefficient (Wildman–Crippen LogP) is 0.972. The topological polar surface area (TPSA) is 86.8 Å². The van der Waals surface area contributed by atoms with Crippen molar-refractivity contribution in [3.8, 4) is 0 Å². The molecule has 1 aliphatic carbocycles. The van der Waals surface area contributed by atoms with Gasteiger partial charge in [-0.25, -0.2) is 12.8 Å². The highest BCUT2D eigenvalue weighted by Gasteiger charge is 2.37. The highest BCUT2D eigenvalue weighted by atomic mass is 32.2. The third-order valence-corrected chi connectivity index (χ3v) is 5.80. The van der Waals surface area contributed by atoms with Crippen LogP contribution in [0.4, 0.5) is 15.8 Å². The molecule has 2 rings (SSSR count). The lowest BCUT2D eigenvalue weighted by Crippen LogP contribution is -2.34. The van der Waals surface area contributed by atoms with Crippen LogP contribution in [0.3, 0.4) is 0 Å². The first-order chi connectivity index (χ1) is 10.0. The van der Waals surface area contributed by atoms with E-state index in [2.05, 4.69) is 4.72 Å². The quantitative estimate of drug-likeness (QED) is 0.827. The van der Waals surface area contributed by atoms with Crippen molar-refractivity contribution < 1.29 is 21.2 Å². The summed E-state index contributed by atoms with van der Waals surface area (Å²) in [4.78, 5) is 0. The highest BCUT2D eigenvalue weighted by molar-refractivity contribution is 7.92. The molecule has 0 radical (unpaired) electrons. The molecule has 1 fully saturated rings. The molecule has 0 aromatic heterocycles. The summed E-state index contributed by atoms with van der Waals surface area (Å²) in [5.41, 5.74) is 0.0165. The fraction of sp³-hybridized carbons (Fsp3) is 0.500. The van der Waals surface area contributed by atoms with Crippen molar-refractivity contribution in [2.75, 3.05) is 29.4 Å². The van der Waals surface area contributed by atoms with E-state index in [4.69, 9.17) is 0 Å². The van der Waals surface area contributed by atoms with Gasteiger partial charge in [0.1, 0.15) is 5.82 Å². The molecule has 1 N–H and O–H groups in total. The number of sulfonamides is 1. The minimum Gasteiger partial charge on any atom is -0.269 e. The van der Waals surface area contributed by atoms with Crippen LogP contribution in [-0.4, -0.2) is 47.5 Å². The molecular formula is C12H18FN3O4S2. The van der Waals surface area contributed by atoms with Crippen molar-refractivity contribution in [1.82, 2.24) is 4.31 Å². The summed E-state index contributed by atoms with van der Waals surface area (Å²) in [7, 11) is -4.85. The molecule has 1 saturated carbocycles. The van der Waals surface area contributed by atoms with Crippen molar-refractivity contribution >= 4 is 31.6 Å². The Morgan fingerprint density at radius 1 is 1.18 bits per heavy atom. The zero-order chi connectivity index (χ0) is 16.7. The van der Waals surface area contributed by atoms with Crippen LogP contribution in [0.25, 0.3) is 0 Å². The lowest BCUT2D eigenvalue weighted by atomic mass is 10.2. The normalized spacial score (nSPS) is 15.9. The maximum absolute atomic E-state index is 13.5. The Labute approximate surface area is 130 Å². The van der Waals surface area contributed by atoms with Crippen LogP contribution in [0, 0.1) is 5.82 Å². The van der Waals surface area contributed by atoms with Gasteiger partial charge in [0.2, 0.25) is 10.0 Å². The van der Waals surface area contributed by atoms with E-state index in [0.29, 0.717) is 12.8 Å². The SMILES string of the molecule is CN(C)S(=O)(=O)Nc1cc(F)ccc1N(C1CC1)S(C)(=O)=O. The van der Waals surface area contributed by atoms with Gasteiger partial charge in [-0.1, -0.05) is 0 Å². The number of nitrogens with one attached hydrogen (secondary N) is 1. The molecule has 0 aliphatic heterocycles. The van der Waals surface area contributed by atoms with Gasteiger partial charge in [0.15, 0.2) is 0 Å². The third-order valence-electron chi connectivity index (χ3n) is 3.15. The number of halogens is 1. The van der Waals surface area contributed by atoms with E-state index in [0.717, 1.165) is 27.0 Å². The maximum Gasteiger partial charge on any atom is 0.301 e. The van der Waals surface area contributed by atoms with E-state index in [1.807, 2.05) is 0 Å². The first kappa shape index (κ1) is 17.0. The molecule has 0 unspecified atom stereocenters. The first-order valence-corrected chi connectivity index (χ1v) is 9.80. The number of hydrogen-bond donors (Lipinski definition) is 1. The molecule has 1 aromatic carbocycles. The molecule has 10 heteroatoms. The van der Waals surface area contributed by atoms with Crippen molar-refractivity contribution in [2.24, 2.45) is 0 Å². The molecule has 0 bridgehead atoms. The number of anilines is 2. The van der Waals surface area contributed by atoms with Crippen molar-refractivity contribution in [3.05, 3.63) is 24.0 Å². The van der Waals surface area contributed by atoms with Crippen LogP contribution in [0.1, 0.15) is 12.8 Å². The molecule has 124 valence electrons. The highest BCUT2D eigenvalue weighted by Crippen LogP contribution is 2.38. The summed E-state index contributed by atoms with van der Waals surface area (Å²) in [5.74, 6) is -0.663. The Kier molecular flexibility index (Phi) is 4.37. The fourth-order valence-electron chi connectivity index (χ4n) is 1.97. The van der Waals surface area contributed by atoms with Crippen molar-refractivity contribution in [2.45, 2.75) is 18.9 Å². The molecular weight excluding hydrogens is 333 g/mol. The zero-order valence-corrected chi connectivity index (χ0v) is 14.1. The molecule has 0 heterocycles. The fourth-order valence-corrected chi connectivity index (χ4v) is 3.86. The Bertz CT molecular complexity index is 774. The molecule has 7 nitrogen and oxygen atoms in total. The number of nitrogens with zero attached hydrogens (tertiary/aromatic N) is 2. The molecule has 0 saturated heterocycles. The summed E-state index contributed by atoms with van der Waals surface area (Å²) in [6.45, 7) is 0. The summed E-state index contributed by atoms with van der Waals surface area (Å²) in [5, 5.41) is 0. The lowest BCUT2D eigenvalue weighted by molar-refractivity contribution is 0.526. The van der Waals surface area contributed by atoms with Crippen molar-refractivity contribution in [1.29, 1.82) is 0 Å². The standard InChI is InChI=1S/C12H18FN3O4S2/c1-15(2)22(19,20)14-11-8-9(13)4-7-12(11)16(10-5-6-10)21(3,17)18/h4,7-8,10,14H,5-6H2,1-3H3. The summed E-state index contributed by atoms with van der Waals surface area (Å²) >= 11 is 0. The van der Waals surface area contributed by atoms with Gasteiger partial charge < -0.3 is 0 Å². The monoisotopic (exact) mass is 351 g/mol. The van der Waals surface area contributed by atoms with Gasteiger partial charge in [-0.15, -0.1) is 0 Å². The molecule has 0 atom stereocenters. The first-order valence-electron chi connectivity index (χ1n) is 6.51. The third kappa shape index (κ3) is 3.68. The van der Waals surface area contributed by atoms with Crippen LogP contribution in [-0.2, 0) is 20.2 Å². The lowest BCUT2D eigenvalue weighted by Gasteiger charge is -2.25. The van der Waals surface area contributed by atoms with E-state index < -0.39 is 26.0 Å². The van der Waals surface area contributed by atoms with E-state index in [9.17, 15) is 21.2 Å². The van der Waals surface area contributed by atoms with Crippen LogP contribution in [0.2, 0.25) is 0 Å². The van der Waals surface area contributed by atoms with E-state index in [1.165, 1.54) is 20.2 Å². The Morgan fingerprint density at radius 3 is 2.23 bits per heavy atom. The second-order valence-corrected chi connectivity index (χ2v) is 9.08. The predicted molar refractivity (Wildman–Crippen MR) is 83.0 cm³/mol. The second kappa shape index (κ2) is 5.67. The van der Waals surface area contributed by atoms with Crippen LogP contribution in [0.15, 0.2) is 18.2 Å². The van der Waals surface area contributed by atoms with Crippen LogP contribution >= 0.6 is 0 Å². The zero-order valence-electron chi connectivity index (χ0n) is 12.4. The van der Waals surface area contributed by atoms with Gasteiger partial charge in [0.25, 0.3) is 0 Å². The minimum absolute atomic E-state index is 0.106. The van der Waals surface area contributed by atoms with Gasteiger partial charge in [-0.3, -0.25) is 9.03 Å². The van der Waals surface area contributed by atoms with Gasteiger partial charge in [0, 0.05) is 26.2 Å². The Balaban J connectivity index is 2.52. The summed E-state index contributed by atoms with van der Waals surface area (Å²) in [6, 6.07) is 3.12. The number of rotatable bonds is 6. The molecule has 22 heavy (non-hydrogen) atoms. The van der Waals surface area contributed by atoms with E-state index in [1.54, 1.807) is 0 Å². The van der Waals surface area contributed by atoms with E-state index >= 15 is 0 Å². The van der Waals surface area contributed by atoms with Crippen LogP contribution < -0.4 is 9.03 Å². The smallest absolute Gasteiger partial charge is 0.269 e. The number of benzene rings is 1. The van der Waals surface area contributed by atoms with E-state index in [-0.39, 0.29) is 17.4 Å². The maximum atomic E-state index is 13.5. The molecule has 0 spiro atoms. The van der Waals surface area contributed by atoms with Crippen molar-refractivity contribution in [3.63, 3.8) is 0 Å². The molecule has 0 amide bonds. The summed E-state index contributed by atoms with van der Waals surface area (Å²) in [6.07, 6.45) is 2.41. The Hall–Kier alpha value is -1.39. The average molecular weight is 351 g/mol. The molecule has 1 aliphatic rings. The largest absolute Gasteiger partial charge is 0.301 e. The average Bonchev–Trinajstić information content (AvgIpc) is 3.14. The van der Waals surface area contributed by atoms with Gasteiger partial charge in [0.05, 0.1) is 17.6 Å². The van der Waals surface area contributed by atoms with Gasteiger partial charge >= 0.3 is 10.2 Å². The Morgan fingerprint density at radius 2 is 1.77 bits per heavy atom. The second-order valence-electron chi connectivity index (χ2n) is 5.34.